The summed E-state index contributed by atoms with van der Waals surface area (Å²) in [5, 5.41) is 5.67. The van der Waals surface area contributed by atoms with Crippen LogP contribution in [0.15, 0.2) is 11.4 Å². The van der Waals surface area contributed by atoms with Gasteiger partial charge >= 0.3 is 0 Å². The van der Waals surface area contributed by atoms with Crippen molar-refractivity contribution in [3.05, 3.63) is 21.9 Å². The van der Waals surface area contributed by atoms with E-state index in [1.54, 1.807) is 0 Å². The van der Waals surface area contributed by atoms with Crippen LogP contribution >= 0.6 is 11.3 Å². The third-order valence-corrected chi connectivity index (χ3v) is 6.12. The van der Waals surface area contributed by atoms with Crippen molar-refractivity contribution >= 4 is 17.2 Å². The lowest BCUT2D eigenvalue weighted by molar-refractivity contribution is -0.140. The molecule has 1 saturated heterocycles. The summed E-state index contributed by atoms with van der Waals surface area (Å²) < 4.78 is 5.81. The monoisotopic (exact) mass is 306 g/mol. The standard InChI is InChI=1S/C16H22N2O2S/c19-16(18-6-3-15-12(10-18)4-8-21-15)11-1-2-14-13(9-11)17-5-7-20-14/h4,8,11,13-14,17H,1-3,5-7,9-10H2/t11-,13+,14+/m0/s1. The molecule has 1 aromatic heterocycles. The van der Waals surface area contributed by atoms with Gasteiger partial charge in [-0.15, -0.1) is 11.3 Å². The Morgan fingerprint density at radius 1 is 1.43 bits per heavy atom. The van der Waals surface area contributed by atoms with E-state index in [9.17, 15) is 4.79 Å². The minimum atomic E-state index is 0.181. The lowest BCUT2D eigenvalue weighted by atomic mass is 9.82. The van der Waals surface area contributed by atoms with Gasteiger partial charge in [-0.05, 0) is 42.7 Å². The van der Waals surface area contributed by atoms with Gasteiger partial charge in [0, 0.05) is 36.5 Å². The summed E-state index contributed by atoms with van der Waals surface area (Å²) in [5.74, 6) is 0.540. The normalized spacial score (nSPS) is 32.4. The maximum Gasteiger partial charge on any atom is 0.226 e. The van der Waals surface area contributed by atoms with E-state index in [2.05, 4.69) is 21.7 Å². The number of fused-ring (bicyclic) bond motifs is 2. The maximum absolute atomic E-state index is 12.8. The molecule has 1 amide bonds. The third-order valence-electron chi connectivity index (χ3n) is 5.10. The Morgan fingerprint density at radius 2 is 2.38 bits per heavy atom. The number of nitrogens with zero attached hydrogens (tertiary/aromatic N) is 1. The van der Waals surface area contributed by atoms with E-state index < -0.39 is 0 Å². The number of nitrogens with one attached hydrogen (secondary N) is 1. The van der Waals surface area contributed by atoms with Crippen LogP contribution in [0.1, 0.15) is 29.7 Å². The van der Waals surface area contributed by atoms with Gasteiger partial charge in [-0.3, -0.25) is 4.79 Å². The molecular weight excluding hydrogens is 284 g/mol. The van der Waals surface area contributed by atoms with Crippen LogP contribution in [0.3, 0.4) is 0 Å². The van der Waals surface area contributed by atoms with E-state index in [4.69, 9.17) is 4.74 Å². The number of amides is 1. The van der Waals surface area contributed by atoms with Crippen molar-refractivity contribution in [1.29, 1.82) is 0 Å². The molecular formula is C16H22N2O2S. The Balaban J connectivity index is 1.41. The lowest BCUT2D eigenvalue weighted by Crippen LogP contribution is -2.53. The summed E-state index contributed by atoms with van der Waals surface area (Å²) in [4.78, 5) is 16.4. The van der Waals surface area contributed by atoms with Crippen LogP contribution in [-0.2, 0) is 22.5 Å². The zero-order valence-electron chi connectivity index (χ0n) is 12.2. The summed E-state index contributed by atoms with van der Waals surface area (Å²) in [6.45, 7) is 3.43. The van der Waals surface area contributed by atoms with Gasteiger partial charge in [-0.25, -0.2) is 0 Å². The SMILES string of the molecule is O=C([C@H]1CC[C@H]2OCCN[C@@H]2C1)N1CCc2sccc2C1. The van der Waals surface area contributed by atoms with Gasteiger partial charge in [-0.2, -0.15) is 0 Å². The molecule has 1 aliphatic carbocycles. The molecule has 2 fully saturated rings. The van der Waals surface area contributed by atoms with Gasteiger partial charge in [0.1, 0.15) is 0 Å². The molecule has 114 valence electrons. The van der Waals surface area contributed by atoms with Crippen LogP contribution in [0.2, 0.25) is 0 Å². The first-order valence-corrected chi connectivity index (χ1v) is 8.88. The number of hydrogen-bond acceptors (Lipinski definition) is 4. The Labute approximate surface area is 129 Å². The molecule has 3 heterocycles. The third kappa shape index (κ3) is 2.62. The Kier molecular flexibility index (Phi) is 3.73. The molecule has 0 spiro atoms. The van der Waals surface area contributed by atoms with E-state index in [1.807, 2.05) is 11.3 Å². The number of rotatable bonds is 1. The second kappa shape index (κ2) is 5.71. The summed E-state index contributed by atoms with van der Waals surface area (Å²) >= 11 is 1.83. The maximum atomic E-state index is 12.8. The highest BCUT2D eigenvalue weighted by molar-refractivity contribution is 7.10. The number of carbonyl (C=O) groups is 1. The Bertz CT molecular complexity index is 530. The van der Waals surface area contributed by atoms with Crippen molar-refractivity contribution in [3.63, 3.8) is 0 Å². The van der Waals surface area contributed by atoms with Gasteiger partial charge in [-0.1, -0.05) is 0 Å². The van der Waals surface area contributed by atoms with Crippen molar-refractivity contribution < 1.29 is 9.53 Å². The van der Waals surface area contributed by atoms with Gasteiger partial charge in [0.15, 0.2) is 0 Å². The topological polar surface area (TPSA) is 41.6 Å². The fraction of sp³-hybridized carbons (Fsp3) is 0.688. The average Bonchev–Trinajstić information content (AvgIpc) is 3.01. The first-order chi connectivity index (χ1) is 10.3. The van der Waals surface area contributed by atoms with Crippen LogP contribution in [0, 0.1) is 5.92 Å². The van der Waals surface area contributed by atoms with E-state index in [0.29, 0.717) is 18.1 Å². The molecule has 5 heteroatoms. The fourth-order valence-corrected chi connectivity index (χ4v) is 4.82. The van der Waals surface area contributed by atoms with Crippen molar-refractivity contribution in [3.8, 4) is 0 Å². The summed E-state index contributed by atoms with van der Waals surface area (Å²) in [5.41, 5.74) is 1.35. The second-order valence-corrected chi connectivity index (χ2v) is 7.36. The highest BCUT2D eigenvalue weighted by Gasteiger charge is 2.37. The second-order valence-electron chi connectivity index (χ2n) is 6.36. The largest absolute Gasteiger partial charge is 0.375 e. The minimum absolute atomic E-state index is 0.181. The molecule has 1 aromatic rings. The van der Waals surface area contributed by atoms with Crippen molar-refractivity contribution in [2.75, 3.05) is 19.7 Å². The summed E-state index contributed by atoms with van der Waals surface area (Å²) in [7, 11) is 0. The fourth-order valence-electron chi connectivity index (χ4n) is 3.93. The Morgan fingerprint density at radius 3 is 3.33 bits per heavy atom. The molecule has 3 atom stereocenters. The van der Waals surface area contributed by atoms with E-state index in [0.717, 1.165) is 51.9 Å². The van der Waals surface area contributed by atoms with E-state index >= 15 is 0 Å². The van der Waals surface area contributed by atoms with Gasteiger partial charge in [0.2, 0.25) is 5.91 Å². The highest BCUT2D eigenvalue weighted by Crippen LogP contribution is 2.31. The molecule has 3 aliphatic rings. The lowest BCUT2D eigenvalue weighted by Gasteiger charge is -2.41. The zero-order valence-corrected chi connectivity index (χ0v) is 13.0. The number of hydrogen-bond donors (Lipinski definition) is 1. The molecule has 0 unspecified atom stereocenters. The first-order valence-electron chi connectivity index (χ1n) is 8.00. The van der Waals surface area contributed by atoms with Gasteiger partial charge in [0.25, 0.3) is 0 Å². The van der Waals surface area contributed by atoms with Crippen LogP contribution < -0.4 is 5.32 Å². The predicted octanol–water partition coefficient (Wildman–Crippen LogP) is 1.79. The number of carbonyl (C=O) groups excluding carboxylic acids is 1. The number of ether oxygens (including phenoxy) is 1. The molecule has 1 N–H and O–H groups in total. The smallest absolute Gasteiger partial charge is 0.226 e. The molecule has 2 aliphatic heterocycles. The highest BCUT2D eigenvalue weighted by atomic mass is 32.1. The van der Waals surface area contributed by atoms with Crippen LogP contribution in [0.4, 0.5) is 0 Å². The molecule has 0 bridgehead atoms. The van der Waals surface area contributed by atoms with Crippen molar-refractivity contribution in [2.45, 2.75) is 44.4 Å². The van der Waals surface area contributed by atoms with Crippen LogP contribution in [-0.4, -0.2) is 42.6 Å². The molecule has 0 radical (unpaired) electrons. The van der Waals surface area contributed by atoms with Crippen molar-refractivity contribution in [2.24, 2.45) is 5.92 Å². The van der Waals surface area contributed by atoms with Crippen LogP contribution in [0.25, 0.3) is 0 Å². The minimum Gasteiger partial charge on any atom is -0.375 e. The molecule has 1 saturated carbocycles. The van der Waals surface area contributed by atoms with Crippen LogP contribution in [0.5, 0.6) is 0 Å². The summed E-state index contributed by atoms with van der Waals surface area (Å²) in [6.07, 6.45) is 4.29. The number of morpholine rings is 1. The first kappa shape index (κ1) is 13.7. The molecule has 0 aromatic carbocycles. The molecule has 4 rings (SSSR count). The van der Waals surface area contributed by atoms with Gasteiger partial charge in [0.05, 0.1) is 12.7 Å². The van der Waals surface area contributed by atoms with E-state index in [-0.39, 0.29) is 5.92 Å². The predicted molar refractivity (Wildman–Crippen MR) is 82.3 cm³/mol. The quantitative estimate of drug-likeness (QED) is 0.860. The summed E-state index contributed by atoms with van der Waals surface area (Å²) in [6, 6.07) is 2.55. The average molecular weight is 306 g/mol. The Hall–Kier alpha value is -0.910. The van der Waals surface area contributed by atoms with Crippen molar-refractivity contribution in [1.82, 2.24) is 10.2 Å². The molecule has 4 nitrogen and oxygen atoms in total. The van der Waals surface area contributed by atoms with Gasteiger partial charge < -0.3 is 15.0 Å². The number of thiophene rings is 1. The molecule has 21 heavy (non-hydrogen) atoms. The zero-order chi connectivity index (χ0) is 14.2. The van der Waals surface area contributed by atoms with E-state index in [1.165, 1.54) is 10.4 Å².